The molecule has 4 atom stereocenters. The van der Waals surface area contributed by atoms with Crippen molar-refractivity contribution in [1.29, 1.82) is 5.41 Å². The number of nitrogens with two attached hydrogens (primary N) is 1. The fourth-order valence-electron chi connectivity index (χ4n) is 9.25. The Bertz CT molecular complexity index is 2730. The van der Waals surface area contributed by atoms with Gasteiger partial charge in [-0.3, -0.25) is 63.2 Å². The van der Waals surface area contributed by atoms with Crippen molar-refractivity contribution in [3.63, 3.8) is 0 Å². The van der Waals surface area contributed by atoms with Crippen molar-refractivity contribution in [3.05, 3.63) is 77.9 Å². The van der Waals surface area contributed by atoms with Crippen molar-refractivity contribution >= 4 is 75.9 Å². The van der Waals surface area contributed by atoms with Crippen molar-refractivity contribution in [1.82, 2.24) is 62.6 Å². The zero-order chi connectivity index (χ0) is 62.8. The molecule has 0 saturated carbocycles. The Kier molecular flexibility index (Phi) is 31.4. The number of phenols is 1. The minimum absolute atomic E-state index is 0.00135. The van der Waals surface area contributed by atoms with E-state index in [4.69, 9.17) is 20.6 Å². The molecule has 0 aliphatic carbocycles. The van der Waals surface area contributed by atoms with Gasteiger partial charge in [0.05, 0.1) is 26.2 Å². The number of carbonyl (C=O) groups excluding carboxylic acids is 10. The second-order valence-corrected chi connectivity index (χ2v) is 21.1. The van der Waals surface area contributed by atoms with Crippen LogP contribution in [0.25, 0.3) is 10.8 Å². The third-order valence-corrected chi connectivity index (χ3v) is 14.1. The molecule has 27 heteroatoms. The van der Waals surface area contributed by atoms with E-state index in [1.54, 1.807) is 31.1 Å². The number of hydrogen-bond donors (Lipinski definition) is 12. The number of benzene rings is 3. The summed E-state index contributed by atoms with van der Waals surface area (Å²) in [5.41, 5.74) is 6.79. The first kappa shape index (κ1) is 70.1. The molecular weight excluding hydrogens is 1110 g/mol. The smallest absolute Gasteiger partial charge is 0.323 e. The van der Waals surface area contributed by atoms with Crippen LogP contribution in [0, 0.1) is 5.41 Å². The summed E-state index contributed by atoms with van der Waals surface area (Å²) in [4.78, 5) is 137. The topological polar surface area (TPSA) is 377 Å². The molecule has 27 nitrogen and oxygen atoms in total. The van der Waals surface area contributed by atoms with Gasteiger partial charge in [-0.15, -0.1) is 0 Å². The molecule has 0 bridgehead atoms. The predicted molar refractivity (Wildman–Crippen MR) is 321 cm³/mol. The predicted octanol–water partition coefficient (Wildman–Crippen LogP) is -1.01. The highest BCUT2D eigenvalue weighted by atomic mass is 16.7. The number of nitrogens with one attached hydrogen (secondary N) is 10. The first-order chi connectivity index (χ1) is 41.2. The summed E-state index contributed by atoms with van der Waals surface area (Å²) < 4.78 is 9.71. The van der Waals surface area contributed by atoms with Gasteiger partial charge in [-0.1, -0.05) is 61.5 Å². The Hall–Kier alpha value is -8.43. The summed E-state index contributed by atoms with van der Waals surface area (Å²) in [6, 6.07) is 14.4. The zero-order valence-electron chi connectivity index (χ0n) is 49.9. The largest absolute Gasteiger partial charge is 0.508 e. The number of likely N-dealkylation sites (N-methyl/N-ethyl adjacent to an activating group) is 4. The van der Waals surface area contributed by atoms with E-state index in [-0.39, 0.29) is 114 Å². The minimum Gasteiger partial charge on any atom is -0.508 e. The molecule has 472 valence electrons. The average Bonchev–Trinajstić information content (AvgIpc) is 3.01. The molecule has 1 heterocycles. The summed E-state index contributed by atoms with van der Waals surface area (Å²) in [5, 5.41) is 44.3. The minimum atomic E-state index is -1.25. The number of amides is 8. The molecule has 1 saturated heterocycles. The quantitative estimate of drug-likeness (QED) is 0.0112. The number of rotatable bonds is 34. The molecule has 4 rings (SSSR count). The first-order valence-electron chi connectivity index (χ1n) is 29.2. The van der Waals surface area contributed by atoms with Gasteiger partial charge in [0.1, 0.15) is 29.9 Å². The van der Waals surface area contributed by atoms with E-state index in [0.717, 1.165) is 10.8 Å². The van der Waals surface area contributed by atoms with Gasteiger partial charge in [-0.25, -0.2) is 0 Å². The van der Waals surface area contributed by atoms with Crippen LogP contribution in [0.1, 0.15) is 82.3 Å². The summed E-state index contributed by atoms with van der Waals surface area (Å²) in [7, 11) is 4.74. The molecule has 1 aliphatic rings. The van der Waals surface area contributed by atoms with Crippen molar-refractivity contribution in [2.24, 2.45) is 5.73 Å². The van der Waals surface area contributed by atoms with Crippen LogP contribution < -0.4 is 53.6 Å². The number of fused-ring (bicyclic) bond motifs is 1. The van der Waals surface area contributed by atoms with Crippen molar-refractivity contribution < 1.29 is 62.5 Å². The lowest BCUT2D eigenvalue weighted by atomic mass is 10.00. The summed E-state index contributed by atoms with van der Waals surface area (Å²) in [5.74, 6) is -5.46. The van der Waals surface area contributed by atoms with Gasteiger partial charge in [-0.05, 0) is 106 Å². The molecular formula is C59H88N14O13. The molecule has 0 unspecified atom stereocenters. The van der Waals surface area contributed by atoms with E-state index in [9.17, 15) is 53.1 Å². The fourth-order valence-corrected chi connectivity index (χ4v) is 9.25. The maximum atomic E-state index is 14.6. The number of guanidine groups is 1. The van der Waals surface area contributed by atoms with Crippen LogP contribution in [-0.4, -0.2) is 209 Å². The zero-order valence-corrected chi connectivity index (χ0v) is 49.9. The van der Waals surface area contributed by atoms with Crippen molar-refractivity contribution in [3.8, 4) is 5.75 Å². The number of esters is 2. The Morgan fingerprint density at radius 3 is 1.93 bits per heavy atom. The molecule has 0 spiro atoms. The Morgan fingerprint density at radius 2 is 1.27 bits per heavy atom. The maximum absolute atomic E-state index is 14.6. The number of unbranched alkanes of at least 4 members (excludes halogenated alkanes) is 2. The van der Waals surface area contributed by atoms with Gasteiger partial charge in [-0.2, -0.15) is 0 Å². The van der Waals surface area contributed by atoms with E-state index in [1.807, 2.05) is 54.3 Å². The second kappa shape index (κ2) is 38.5. The Morgan fingerprint density at radius 1 is 0.674 bits per heavy atom. The third kappa shape index (κ3) is 27.1. The molecule has 0 aromatic heterocycles. The normalized spacial score (nSPS) is 16.9. The molecule has 3 aromatic carbocycles. The number of nitrogens with zero attached hydrogens (tertiary/aromatic N) is 3. The van der Waals surface area contributed by atoms with Crippen LogP contribution in [0.3, 0.4) is 0 Å². The summed E-state index contributed by atoms with van der Waals surface area (Å²) in [6.07, 6.45) is 3.03. The highest BCUT2D eigenvalue weighted by Gasteiger charge is 2.36. The van der Waals surface area contributed by atoms with Gasteiger partial charge in [0.25, 0.3) is 0 Å². The van der Waals surface area contributed by atoms with Crippen LogP contribution in [0.5, 0.6) is 5.75 Å². The van der Waals surface area contributed by atoms with E-state index >= 15 is 0 Å². The van der Waals surface area contributed by atoms with E-state index in [1.165, 1.54) is 24.1 Å². The van der Waals surface area contributed by atoms with Crippen LogP contribution in [0.4, 0.5) is 0 Å². The molecule has 13 N–H and O–H groups in total. The van der Waals surface area contributed by atoms with Gasteiger partial charge in [0.15, 0.2) is 5.96 Å². The van der Waals surface area contributed by atoms with Gasteiger partial charge < -0.3 is 73.1 Å². The number of phenolic OH excluding ortho intramolecular Hbond substituents is 1. The van der Waals surface area contributed by atoms with Crippen LogP contribution in [-0.2, 0) is 70.3 Å². The summed E-state index contributed by atoms with van der Waals surface area (Å²) in [6.45, 7) is 3.72. The van der Waals surface area contributed by atoms with Crippen LogP contribution in [0.15, 0.2) is 66.7 Å². The van der Waals surface area contributed by atoms with E-state index in [0.29, 0.717) is 69.5 Å². The monoisotopic (exact) mass is 1200 g/mol. The maximum Gasteiger partial charge on any atom is 0.323 e. The van der Waals surface area contributed by atoms with Gasteiger partial charge in [0, 0.05) is 72.0 Å². The van der Waals surface area contributed by atoms with Gasteiger partial charge >= 0.3 is 11.9 Å². The second-order valence-electron chi connectivity index (χ2n) is 21.1. The number of carbonyl (C=O) groups is 10. The van der Waals surface area contributed by atoms with Crippen molar-refractivity contribution in [2.45, 2.75) is 108 Å². The van der Waals surface area contributed by atoms with E-state index < -0.39 is 79.0 Å². The number of ether oxygens (including phenoxy) is 2. The molecule has 1 aliphatic heterocycles. The lowest BCUT2D eigenvalue weighted by Gasteiger charge is -2.32. The SMILES string of the molecule is CCN(CCN(C)CC(=O)OCOC(=O)CNC)CC(=O)NCCCCC(=O)NCCCCC(=O)NCCC[C@@H]1C(=O)N[C@@H](CCCNC(=N)N)C(=O)N[C@@H](Cc2ccc3ccccc3c2)C(=O)NCC(=O)N[C@H](Cc2ccc(O)cc2)C(=O)N1C. The lowest BCUT2D eigenvalue weighted by molar-refractivity contribution is -0.167. The van der Waals surface area contributed by atoms with Crippen LogP contribution >= 0.6 is 0 Å². The molecule has 3 aromatic rings. The first-order valence-corrected chi connectivity index (χ1v) is 29.2. The van der Waals surface area contributed by atoms with Crippen molar-refractivity contribution in [2.75, 3.05) is 99.9 Å². The number of aromatic hydroxyl groups is 1. The van der Waals surface area contributed by atoms with Crippen LogP contribution in [0.2, 0.25) is 0 Å². The number of hydrogen-bond acceptors (Lipinski definition) is 17. The van der Waals surface area contributed by atoms with Gasteiger partial charge in [0.2, 0.25) is 54.1 Å². The highest BCUT2D eigenvalue weighted by Crippen LogP contribution is 2.19. The standard InChI is InChI=1S/C59H88N14O13/c1-5-73(31-30-71(3)38-54(80)86-39-85-53(79)36-62-2)37-52(78)65-27-11-9-18-49(75)63-26-10-8-19-50(76)64-28-13-17-48-57(83)69-45(16-12-29-66-59(60)61)56(82)70-46(34-41-20-23-42-14-6-7-15-43(42)32-41)55(81)67-35-51(77)68-47(58(84)72(48)4)33-40-21-24-44(74)25-22-40/h6-7,14-15,20-25,32,45-48,62,74H,5,8-13,16-19,26-31,33-39H2,1-4H3,(H,63,75)(H,64,76)(H,65,78)(H,67,81)(H,68,77)(H,69,83)(H,70,82)(H4,60,61,66)/t45-,46-,47+,48+/m0/s1. The average molecular weight is 1200 g/mol. The Balaban J connectivity index is 1.28. The Labute approximate surface area is 502 Å². The summed E-state index contributed by atoms with van der Waals surface area (Å²) >= 11 is 0. The third-order valence-electron chi connectivity index (χ3n) is 14.1. The lowest BCUT2D eigenvalue weighted by Crippen LogP contribution is -2.58. The van der Waals surface area contributed by atoms with E-state index in [2.05, 4.69) is 47.9 Å². The molecule has 8 amide bonds. The highest BCUT2D eigenvalue weighted by molar-refractivity contribution is 5.97. The molecule has 0 radical (unpaired) electrons. The fraction of sp³-hybridized carbons (Fsp3) is 0.542. The molecule has 1 fully saturated rings. The molecule has 86 heavy (non-hydrogen) atoms.